The van der Waals surface area contributed by atoms with Crippen molar-refractivity contribution in [1.29, 1.82) is 0 Å². The molecule has 2 aliphatic rings. The molecule has 1 fully saturated rings. The summed E-state index contributed by atoms with van der Waals surface area (Å²) in [6.07, 6.45) is 2.62. The highest BCUT2D eigenvalue weighted by molar-refractivity contribution is 6.22. The average molecular weight is 344 g/mol. The molecule has 0 saturated carbocycles. The number of imide groups is 1. The summed E-state index contributed by atoms with van der Waals surface area (Å²) in [5.41, 5.74) is 1.07. The van der Waals surface area contributed by atoms with Crippen molar-refractivity contribution in [2.24, 2.45) is 5.92 Å². The summed E-state index contributed by atoms with van der Waals surface area (Å²) >= 11 is 0. The summed E-state index contributed by atoms with van der Waals surface area (Å²) in [5, 5.41) is 2.85. The molecule has 0 aromatic heterocycles. The van der Waals surface area contributed by atoms with Gasteiger partial charge in [-0.25, -0.2) is 0 Å². The highest BCUT2D eigenvalue weighted by Gasteiger charge is 2.37. The van der Waals surface area contributed by atoms with E-state index in [1.165, 1.54) is 11.0 Å². The largest absolute Gasteiger partial charge is 0.376 e. The number of benzene rings is 1. The zero-order chi connectivity index (χ0) is 18.0. The van der Waals surface area contributed by atoms with E-state index in [4.69, 9.17) is 4.74 Å². The predicted molar refractivity (Wildman–Crippen MR) is 92.6 cm³/mol. The van der Waals surface area contributed by atoms with Crippen LogP contribution in [-0.4, -0.2) is 48.4 Å². The Morgan fingerprint density at radius 2 is 2.04 bits per heavy atom. The predicted octanol–water partition coefficient (Wildman–Crippen LogP) is 2.24. The second kappa shape index (κ2) is 7.35. The molecular weight excluding hydrogens is 320 g/mol. The van der Waals surface area contributed by atoms with Crippen molar-refractivity contribution in [2.75, 3.05) is 19.7 Å². The van der Waals surface area contributed by atoms with Crippen LogP contribution in [0.4, 0.5) is 0 Å². The van der Waals surface area contributed by atoms with E-state index in [2.05, 4.69) is 19.2 Å². The maximum Gasteiger partial charge on any atom is 0.261 e. The first kappa shape index (κ1) is 17.6. The summed E-state index contributed by atoms with van der Waals surface area (Å²) in [6.45, 7) is 5.73. The number of carbonyl (C=O) groups excluding carboxylic acids is 3. The third kappa shape index (κ3) is 3.74. The first-order valence-electron chi connectivity index (χ1n) is 8.87. The minimum absolute atomic E-state index is 0.0824. The van der Waals surface area contributed by atoms with Crippen LogP contribution < -0.4 is 5.32 Å². The molecule has 1 aromatic rings. The molecule has 6 nitrogen and oxygen atoms in total. The molecule has 1 unspecified atom stereocenters. The van der Waals surface area contributed by atoms with Crippen molar-refractivity contribution in [3.63, 3.8) is 0 Å². The lowest BCUT2D eigenvalue weighted by atomic mass is 10.1. The molecule has 3 amide bonds. The lowest BCUT2D eigenvalue weighted by molar-refractivity contribution is 0.0475. The van der Waals surface area contributed by atoms with Gasteiger partial charge in [-0.1, -0.05) is 13.8 Å². The van der Waals surface area contributed by atoms with Crippen molar-refractivity contribution in [3.05, 3.63) is 34.9 Å². The van der Waals surface area contributed by atoms with E-state index in [1.54, 1.807) is 12.1 Å². The van der Waals surface area contributed by atoms with Crippen LogP contribution in [0.2, 0.25) is 0 Å². The summed E-state index contributed by atoms with van der Waals surface area (Å²) in [4.78, 5) is 38.5. The standard InChI is InChI=1S/C19H24N2O4/c1-12(2)7-8-20-17(22)13-5-6-15-16(10-13)19(24)21(18(15)23)11-14-4-3-9-25-14/h5-6,10,12,14H,3-4,7-9,11H2,1-2H3,(H,20,22). The molecule has 2 aliphatic heterocycles. The van der Waals surface area contributed by atoms with Crippen LogP contribution >= 0.6 is 0 Å². The van der Waals surface area contributed by atoms with Gasteiger partial charge in [-0.2, -0.15) is 0 Å². The molecule has 3 rings (SSSR count). The Hall–Kier alpha value is -2.21. The van der Waals surface area contributed by atoms with E-state index in [9.17, 15) is 14.4 Å². The number of hydrogen-bond acceptors (Lipinski definition) is 4. The number of ether oxygens (including phenoxy) is 1. The van der Waals surface area contributed by atoms with E-state index in [0.717, 1.165) is 19.3 Å². The smallest absolute Gasteiger partial charge is 0.261 e. The zero-order valence-electron chi connectivity index (χ0n) is 14.7. The van der Waals surface area contributed by atoms with Crippen LogP contribution in [0.1, 0.15) is 64.2 Å². The number of fused-ring (bicyclic) bond motifs is 1. The Bertz CT molecular complexity index is 693. The fraction of sp³-hybridized carbons (Fsp3) is 0.526. The molecule has 1 saturated heterocycles. The molecule has 0 radical (unpaired) electrons. The van der Waals surface area contributed by atoms with Gasteiger partial charge in [0.1, 0.15) is 0 Å². The van der Waals surface area contributed by atoms with Gasteiger partial charge in [0.05, 0.1) is 23.8 Å². The topological polar surface area (TPSA) is 75.7 Å². The minimum Gasteiger partial charge on any atom is -0.376 e. The summed E-state index contributed by atoms with van der Waals surface area (Å²) < 4.78 is 5.53. The van der Waals surface area contributed by atoms with Crippen molar-refractivity contribution in [1.82, 2.24) is 10.2 Å². The van der Waals surface area contributed by atoms with Gasteiger partial charge in [0.15, 0.2) is 0 Å². The molecule has 6 heteroatoms. The molecule has 0 bridgehead atoms. The van der Waals surface area contributed by atoms with Gasteiger partial charge in [-0.3, -0.25) is 19.3 Å². The van der Waals surface area contributed by atoms with Gasteiger partial charge >= 0.3 is 0 Å². The first-order chi connectivity index (χ1) is 12.0. The number of nitrogens with zero attached hydrogens (tertiary/aromatic N) is 1. The molecule has 1 aromatic carbocycles. The van der Waals surface area contributed by atoms with Gasteiger partial charge in [0.25, 0.3) is 17.7 Å². The van der Waals surface area contributed by atoms with E-state index in [-0.39, 0.29) is 30.4 Å². The van der Waals surface area contributed by atoms with Crippen LogP contribution in [0.25, 0.3) is 0 Å². The first-order valence-corrected chi connectivity index (χ1v) is 8.87. The molecule has 134 valence electrons. The van der Waals surface area contributed by atoms with Crippen molar-refractivity contribution < 1.29 is 19.1 Å². The fourth-order valence-electron chi connectivity index (χ4n) is 3.17. The number of carbonyl (C=O) groups is 3. The Morgan fingerprint density at radius 3 is 2.72 bits per heavy atom. The van der Waals surface area contributed by atoms with Gasteiger partial charge in [0.2, 0.25) is 0 Å². The van der Waals surface area contributed by atoms with Crippen LogP contribution in [-0.2, 0) is 4.74 Å². The van der Waals surface area contributed by atoms with Crippen LogP contribution in [0.15, 0.2) is 18.2 Å². The molecule has 1 N–H and O–H groups in total. The molecule has 1 atom stereocenters. The van der Waals surface area contributed by atoms with E-state index in [0.29, 0.717) is 35.8 Å². The van der Waals surface area contributed by atoms with Gasteiger partial charge < -0.3 is 10.1 Å². The van der Waals surface area contributed by atoms with E-state index in [1.807, 2.05) is 0 Å². The third-order valence-electron chi connectivity index (χ3n) is 4.65. The van der Waals surface area contributed by atoms with E-state index < -0.39 is 0 Å². The third-order valence-corrected chi connectivity index (χ3v) is 4.65. The monoisotopic (exact) mass is 344 g/mol. The molecule has 0 aliphatic carbocycles. The van der Waals surface area contributed by atoms with Crippen molar-refractivity contribution in [2.45, 2.75) is 39.2 Å². The molecular formula is C19H24N2O4. The van der Waals surface area contributed by atoms with Crippen LogP contribution in [0.3, 0.4) is 0 Å². The number of rotatable bonds is 6. The van der Waals surface area contributed by atoms with Crippen LogP contribution in [0, 0.1) is 5.92 Å². The number of amides is 3. The Labute approximate surface area is 147 Å². The Morgan fingerprint density at radius 1 is 1.28 bits per heavy atom. The summed E-state index contributed by atoms with van der Waals surface area (Å²) in [7, 11) is 0. The lowest BCUT2D eigenvalue weighted by Crippen LogP contribution is -2.36. The van der Waals surface area contributed by atoms with Crippen molar-refractivity contribution in [3.8, 4) is 0 Å². The lowest BCUT2D eigenvalue weighted by Gasteiger charge is -2.17. The van der Waals surface area contributed by atoms with Gasteiger partial charge in [-0.15, -0.1) is 0 Å². The van der Waals surface area contributed by atoms with Crippen molar-refractivity contribution >= 4 is 17.7 Å². The molecule has 25 heavy (non-hydrogen) atoms. The average Bonchev–Trinajstić information content (AvgIpc) is 3.17. The maximum atomic E-state index is 12.6. The normalized spacial score (nSPS) is 19.6. The minimum atomic E-state index is -0.340. The SMILES string of the molecule is CC(C)CCNC(=O)c1ccc2c(c1)C(=O)N(CC1CCCO1)C2=O. The van der Waals surface area contributed by atoms with Crippen LogP contribution in [0.5, 0.6) is 0 Å². The zero-order valence-corrected chi connectivity index (χ0v) is 14.7. The summed E-state index contributed by atoms with van der Waals surface area (Å²) in [6, 6.07) is 4.70. The maximum absolute atomic E-state index is 12.6. The molecule has 0 spiro atoms. The van der Waals surface area contributed by atoms with Gasteiger partial charge in [0, 0.05) is 18.7 Å². The second-order valence-electron chi connectivity index (χ2n) is 7.05. The Balaban J connectivity index is 1.71. The van der Waals surface area contributed by atoms with Gasteiger partial charge in [-0.05, 0) is 43.4 Å². The highest BCUT2D eigenvalue weighted by Crippen LogP contribution is 2.26. The number of nitrogens with one attached hydrogen (secondary N) is 1. The summed E-state index contributed by atoms with van der Waals surface area (Å²) in [5.74, 6) is -0.359. The highest BCUT2D eigenvalue weighted by atomic mass is 16.5. The second-order valence-corrected chi connectivity index (χ2v) is 7.05. The Kier molecular flexibility index (Phi) is 5.18. The molecule has 2 heterocycles. The quantitative estimate of drug-likeness (QED) is 0.803. The van der Waals surface area contributed by atoms with E-state index >= 15 is 0 Å². The number of hydrogen-bond donors (Lipinski definition) is 1. The fourth-order valence-corrected chi connectivity index (χ4v) is 3.17.